The van der Waals surface area contributed by atoms with Crippen LogP contribution in [0.25, 0.3) is 0 Å². The fourth-order valence-electron chi connectivity index (χ4n) is 1.39. The van der Waals surface area contributed by atoms with Gasteiger partial charge in [0.2, 0.25) is 0 Å². The highest BCUT2D eigenvalue weighted by Crippen LogP contribution is 2.33. The number of aromatic nitrogens is 2. The van der Waals surface area contributed by atoms with E-state index in [4.69, 9.17) is 5.73 Å². The van der Waals surface area contributed by atoms with E-state index in [1.165, 1.54) is 30.9 Å². The average Bonchev–Trinajstić information content (AvgIpc) is 2.27. The summed E-state index contributed by atoms with van der Waals surface area (Å²) in [5, 5.41) is 0. The third kappa shape index (κ3) is 3.23. The van der Waals surface area contributed by atoms with E-state index >= 15 is 0 Å². The van der Waals surface area contributed by atoms with Gasteiger partial charge in [-0.05, 0) is 44.0 Å². The van der Waals surface area contributed by atoms with Gasteiger partial charge in [-0.25, -0.2) is 18.4 Å². The van der Waals surface area contributed by atoms with Crippen LogP contribution in [0.3, 0.4) is 0 Å². The lowest BCUT2D eigenvalue weighted by Gasteiger charge is -2.11. The molecule has 0 aliphatic heterocycles. The number of hydrogen-bond donors (Lipinski definition) is 2. The number of nitrogens with two attached hydrogens (primary N) is 1. The molecule has 0 aliphatic carbocycles. The van der Waals surface area contributed by atoms with E-state index < -0.39 is 10.0 Å². The zero-order chi connectivity index (χ0) is 14.0. The largest absolute Gasteiger partial charge is 0.399 e. The van der Waals surface area contributed by atoms with Crippen molar-refractivity contribution in [3.8, 4) is 0 Å². The Bertz CT molecular complexity index is 684. The highest BCUT2D eigenvalue weighted by atomic mass is 79.9. The minimum Gasteiger partial charge on any atom is -0.399 e. The van der Waals surface area contributed by atoms with Gasteiger partial charge in [-0.15, -0.1) is 0 Å². The second-order valence-corrected chi connectivity index (χ2v) is 6.87. The highest BCUT2D eigenvalue weighted by Gasteiger charge is 2.22. The van der Waals surface area contributed by atoms with Crippen molar-refractivity contribution in [1.29, 1.82) is 0 Å². The number of sulfonamides is 1. The smallest absolute Gasteiger partial charge is 0.264 e. The SMILES string of the molecule is Nc1cc(Br)c(S(=O)(=O)Nc2cncnc2)c(Br)c1. The number of hydrogen-bond acceptors (Lipinski definition) is 5. The van der Waals surface area contributed by atoms with Crippen molar-refractivity contribution in [2.45, 2.75) is 4.90 Å². The topological polar surface area (TPSA) is 98.0 Å². The van der Waals surface area contributed by atoms with Gasteiger partial charge in [0.05, 0.1) is 18.1 Å². The maximum atomic E-state index is 12.3. The predicted molar refractivity (Wildman–Crippen MR) is 79.1 cm³/mol. The molecule has 0 saturated carbocycles. The third-order valence-electron chi connectivity index (χ3n) is 2.10. The van der Waals surface area contributed by atoms with Crippen molar-refractivity contribution in [2.24, 2.45) is 0 Å². The summed E-state index contributed by atoms with van der Waals surface area (Å²) in [6.45, 7) is 0. The maximum Gasteiger partial charge on any atom is 0.264 e. The quantitative estimate of drug-likeness (QED) is 0.761. The van der Waals surface area contributed by atoms with Gasteiger partial charge >= 0.3 is 0 Å². The van der Waals surface area contributed by atoms with Crippen LogP contribution in [0.2, 0.25) is 0 Å². The number of rotatable bonds is 3. The number of anilines is 2. The Hall–Kier alpha value is -1.19. The first-order chi connectivity index (χ1) is 8.90. The Morgan fingerprint density at radius 2 is 1.63 bits per heavy atom. The molecule has 19 heavy (non-hydrogen) atoms. The Balaban J connectivity index is 2.46. The summed E-state index contributed by atoms with van der Waals surface area (Å²) in [7, 11) is -3.77. The number of halogens is 2. The van der Waals surface area contributed by atoms with Crippen molar-refractivity contribution >= 4 is 53.3 Å². The van der Waals surface area contributed by atoms with Crippen LogP contribution < -0.4 is 10.5 Å². The average molecular weight is 408 g/mol. The van der Waals surface area contributed by atoms with Crippen LogP contribution in [0.15, 0.2) is 44.7 Å². The summed E-state index contributed by atoms with van der Waals surface area (Å²) in [5.41, 5.74) is 6.35. The van der Waals surface area contributed by atoms with Crippen molar-refractivity contribution in [3.05, 3.63) is 39.8 Å². The number of nitrogen functional groups attached to an aromatic ring is 1. The highest BCUT2D eigenvalue weighted by molar-refractivity contribution is 9.11. The van der Waals surface area contributed by atoms with Gasteiger partial charge in [-0.2, -0.15) is 0 Å². The van der Waals surface area contributed by atoms with Gasteiger partial charge in [-0.1, -0.05) is 0 Å². The van der Waals surface area contributed by atoms with E-state index in [1.807, 2.05) is 0 Å². The van der Waals surface area contributed by atoms with E-state index in [-0.39, 0.29) is 10.6 Å². The van der Waals surface area contributed by atoms with Crippen LogP contribution >= 0.6 is 31.9 Å². The van der Waals surface area contributed by atoms with Gasteiger partial charge in [-0.3, -0.25) is 4.72 Å². The van der Waals surface area contributed by atoms with Crippen LogP contribution in [-0.4, -0.2) is 18.4 Å². The normalized spacial score (nSPS) is 11.3. The van der Waals surface area contributed by atoms with Crippen molar-refractivity contribution in [2.75, 3.05) is 10.5 Å². The fraction of sp³-hybridized carbons (Fsp3) is 0. The van der Waals surface area contributed by atoms with E-state index in [1.54, 1.807) is 0 Å². The minimum atomic E-state index is -3.77. The molecule has 0 saturated heterocycles. The summed E-state index contributed by atoms with van der Waals surface area (Å²) in [6, 6.07) is 3.03. The zero-order valence-electron chi connectivity index (χ0n) is 9.34. The first-order valence-electron chi connectivity index (χ1n) is 4.92. The van der Waals surface area contributed by atoms with Crippen LogP contribution in [0.5, 0.6) is 0 Å². The lowest BCUT2D eigenvalue weighted by Crippen LogP contribution is -2.14. The Morgan fingerprint density at radius 1 is 1.11 bits per heavy atom. The number of benzene rings is 1. The Morgan fingerprint density at radius 3 is 2.16 bits per heavy atom. The van der Waals surface area contributed by atoms with Crippen LogP contribution in [0, 0.1) is 0 Å². The molecule has 1 heterocycles. The van der Waals surface area contributed by atoms with Gasteiger partial charge in [0.25, 0.3) is 10.0 Å². The molecule has 6 nitrogen and oxygen atoms in total. The van der Waals surface area contributed by atoms with Crippen molar-refractivity contribution in [1.82, 2.24) is 9.97 Å². The monoisotopic (exact) mass is 406 g/mol. The lowest BCUT2D eigenvalue weighted by molar-refractivity contribution is 0.600. The molecule has 0 unspecified atom stereocenters. The molecule has 0 aliphatic rings. The molecule has 9 heteroatoms. The molecule has 0 spiro atoms. The van der Waals surface area contributed by atoms with Gasteiger partial charge < -0.3 is 5.73 Å². The molecule has 100 valence electrons. The second kappa shape index (κ2) is 5.43. The van der Waals surface area contributed by atoms with Crippen molar-refractivity contribution < 1.29 is 8.42 Å². The summed E-state index contributed by atoms with van der Waals surface area (Å²) in [5.74, 6) is 0. The molecule has 1 aromatic heterocycles. The van der Waals surface area contributed by atoms with E-state index in [0.29, 0.717) is 14.6 Å². The van der Waals surface area contributed by atoms with Crippen LogP contribution in [0.4, 0.5) is 11.4 Å². The lowest BCUT2D eigenvalue weighted by atomic mass is 10.3. The van der Waals surface area contributed by atoms with Gasteiger partial charge in [0.1, 0.15) is 11.2 Å². The summed E-state index contributed by atoms with van der Waals surface area (Å²) in [4.78, 5) is 7.54. The number of nitrogens with one attached hydrogen (secondary N) is 1. The fourth-order valence-corrected chi connectivity index (χ4v) is 5.04. The molecule has 0 atom stereocenters. The molecule has 3 N–H and O–H groups in total. The maximum absolute atomic E-state index is 12.3. The van der Waals surface area contributed by atoms with Gasteiger partial charge in [0.15, 0.2) is 0 Å². The van der Waals surface area contributed by atoms with E-state index in [9.17, 15) is 8.42 Å². The van der Waals surface area contributed by atoms with E-state index in [0.717, 1.165) is 0 Å². The standard InChI is InChI=1S/C10H8Br2N4O2S/c11-8-1-6(13)2-9(12)10(8)19(17,18)16-7-3-14-5-15-4-7/h1-5,16H,13H2. The first-order valence-corrected chi connectivity index (χ1v) is 7.99. The molecule has 2 rings (SSSR count). The van der Waals surface area contributed by atoms with E-state index in [2.05, 4.69) is 46.5 Å². The molecule has 1 aromatic carbocycles. The molecular formula is C10H8Br2N4O2S. The molecule has 0 amide bonds. The van der Waals surface area contributed by atoms with Crippen LogP contribution in [-0.2, 0) is 10.0 Å². The molecule has 0 radical (unpaired) electrons. The number of nitrogens with zero attached hydrogens (tertiary/aromatic N) is 2. The van der Waals surface area contributed by atoms with Crippen molar-refractivity contribution in [3.63, 3.8) is 0 Å². The Labute approximate surface area is 126 Å². The zero-order valence-corrected chi connectivity index (χ0v) is 13.3. The van der Waals surface area contributed by atoms with Crippen LogP contribution in [0.1, 0.15) is 0 Å². The second-order valence-electron chi connectivity index (χ2n) is 3.55. The molecule has 0 bridgehead atoms. The summed E-state index contributed by atoms with van der Waals surface area (Å²) >= 11 is 6.37. The predicted octanol–water partition coefficient (Wildman–Crippen LogP) is 2.38. The molecular weight excluding hydrogens is 400 g/mol. The molecule has 2 aromatic rings. The minimum absolute atomic E-state index is 0.0607. The third-order valence-corrected chi connectivity index (χ3v) is 5.36. The first kappa shape index (κ1) is 14.2. The summed E-state index contributed by atoms with van der Waals surface area (Å²) < 4.78 is 27.7. The Kier molecular flexibility index (Phi) is 4.07. The molecule has 0 fully saturated rings. The van der Waals surface area contributed by atoms with Gasteiger partial charge in [0, 0.05) is 14.6 Å². The summed E-state index contributed by atoms with van der Waals surface area (Å²) in [6.07, 6.45) is 4.04.